The molecule has 2 N–H and O–H groups in total. The first-order chi connectivity index (χ1) is 13.2. The quantitative estimate of drug-likeness (QED) is 0.730. The van der Waals surface area contributed by atoms with E-state index in [1.165, 1.54) is 0 Å². The van der Waals surface area contributed by atoms with Gasteiger partial charge in [-0.1, -0.05) is 24.3 Å². The standard InChI is InChI=1S/C20H23NO6/c1-24-16-8-6-14(7-9-16)11-25-12-15(22)10-21-20(23)19-13-26-17-4-2-3-5-18(17)27-19/h2-9,15,19,22H,10-13H2,1H3,(H,21,23)/t15-,19-/m1/s1. The molecule has 3 rings (SSSR count). The van der Waals surface area contributed by atoms with Crippen molar-refractivity contribution in [3.8, 4) is 17.2 Å². The van der Waals surface area contributed by atoms with Crippen molar-refractivity contribution in [3.05, 3.63) is 54.1 Å². The predicted octanol–water partition coefficient (Wildman–Crippen LogP) is 1.53. The molecule has 144 valence electrons. The lowest BCUT2D eigenvalue weighted by atomic mass is 10.2. The molecule has 0 fully saturated rings. The van der Waals surface area contributed by atoms with Gasteiger partial charge in [0.05, 0.1) is 26.4 Å². The number of nitrogens with one attached hydrogen (secondary N) is 1. The molecule has 0 aliphatic carbocycles. The minimum absolute atomic E-state index is 0.0724. The molecule has 2 aromatic rings. The Kier molecular flexibility index (Phi) is 6.51. The lowest BCUT2D eigenvalue weighted by molar-refractivity contribution is -0.131. The number of carbonyl (C=O) groups is 1. The van der Waals surface area contributed by atoms with E-state index in [1.807, 2.05) is 36.4 Å². The number of rotatable bonds is 8. The summed E-state index contributed by atoms with van der Waals surface area (Å²) in [5, 5.41) is 12.6. The van der Waals surface area contributed by atoms with E-state index in [9.17, 15) is 9.90 Å². The molecule has 1 aliphatic rings. The molecule has 7 nitrogen and oxygen atoms in total. The number of hydrogen-bond acceptors (Lipinski definition) is 6. The number of amides is 1. The van der Waals surface area contributed by atoms with Crippen LogP contribution in [0.1, 0.15) is 5.56 Å². The van der Waals surface area contributed by atoms with E-state index in [0.717, 1.165) is 11.3 Å². The smallest absolute Gasteiger partial charge is 0.264 e. The Morgan fingerprint density at radius 3 is 2.70 bits per heavy atom. The lowest BCUT2D eigenvalue weighted by Gasteiger charge is -2.25. The van der Waals surface area contributed by atoms with Crippen LogP contribution in [0.4, 0.5) is 0 Å². The van der Waals surface area contributed by atoms with Crippen molar-refractivity contribution in [3.63, 3.8) is 0 Å². The van der Waals surface area contributed by atoms with E-state index < -0.39 is 12.2 Å². The summed E-state index contributed by atoms with van der Waals surface area (Å²) in [4.78, 5) is 12.2. The van der Waals surface area contributed by atoms with Gasteiger partial charge in [0.2, 0.25) is 6.10 Å². The molecular formula is C20H23NO6. The molecule has 2 atom stereocenters. The van der Waals surface area contributed by atoms with E-state index >= 15 is 0 Å². The molecule has 0 radical (unpaired) electrons. The molecule has 0 aromatic heterocycles. The van der Waals surface area contributed by atoms with Gasteiger partial charge in [0.1, 0.15) is 12.4 Å². The Hall–Kier alpha value is -2.77. The van der Waals surface area contributed by atoms with Gasteiger partial charge in [-0.05, 0) is 29.8 Å². The Morgan fingerprint density at radius 1 is 1.22 bits per heavy atom. The number of carbonyl (C=O) groups excluding carboxylic acids is 1. The molecule has 1 aliphatic heterocycles. The molecule has 0 saturated heterocycles. The van der Waals surface area contributed by atoms with Crippen LogP contribution in [0.25, 0.3) is 0 Å². The van der Waals surface area contributed by atoms with Crippen molar-refractivity contribution in [1.29, 1.82) is 0 Å². The summed E-state index contributed by atoms with van der Waals surface area (Å²) in [6, 6.07) is 14.7. The van der Waals surface area contributed by atoms with Gasteiger partial charge < -0.3 is 29.4 Å². The number of benzene rings is 2. The average molecular weight is 373 g/mol. The van der Waals surface area contributed by atoms with Crippen molar-refractivity contribution < 1.29 is 28.8 Å². The molecule has 0 bridgehead atoms. The predicted molar refractivity (Wildman–Crippen MR) is 98.0 cm³/mol. The van der Waals surface area contributed by atoms with E-state index in [-0.39, 0.29) is 25.7 Å². The Bertz CT molecular complexity index is 748. The summed E-state index contributed by atoms with van der Waals surface area (Å²) >= 11 is 0. The molecule has 0 saturated carbocycles. The molecule has 0 unspecified atom stereocenters. The topological polar surface area (TPSA) is 86.2 Å². The molecule has 2 aromatic carbocycles. The minimum Gasteiger partial charge on any atom is -0.497 e. The first-order valence-electron chi connectivity index (χ1n) is 8.70. The van der Waals surface area contributed by atoms with Gasteiger partial charge in [-0.3, -0.25) is 4.79 Å². The lowest BCUT2D eigenvalue weighted by Crippen LogP contribution is -2.46. The van der Waals surface area contributed by atoms with Crippen LogP contribution >= 0.6 is 0 Å². The van der Waals surface area contributed by atoms with Gasteiger partial charge in [-0.15, -0.1) is 0 Å². The fourth-order valence-corrected chi connectivity index (χ4v) is 2.57. The summed E-state index contributed by atoms with van der Waals surface area (Å²) < 4.78 is 21.7. The second-order valence-electron chi connectivity index (χ2n) is 6.13. The van der Waals surface area contributed by atoms with Crippen LogP contribution in [0.5, 0.6) is 17.2 Å². The molecule has 27 heavy (non-hydrogen) atoms. The van der Waals surface area contributed by atoms with Crippen LogP contribution in [0, 0.1) is 0 Å². The fraction of sp³-hybridized carbons (Fsp3) is 0.350. The summed E-state index contributed by atoms with van der Waals surface area (Å²) in [6.45, 7) is 0.679. The monoisotopic (exact) mass is 373 g/mol. The second-order valence-corrected chi connectivity index (χ2v) is 6.13. The normalized spacial score (nSPS) is 16.4. The van der Waals surface area contributed by atoms with Crippen LogP contribution in [-0.2, 0) is 16.1 Å². The highest BCUT2D eigenvalue weighted by Crippen LogP contribution is 2.30. The second kappa shape index (κ2) is 9.25. The number of fused-ring (bicyclic) bond motifs is 1. The van der Waals surface area contributed by atoms with Gasteiger partial charge in [0.25, 0.3) is 5.91 Å². The van der Waals surface area contributed by atoms with Gasteiger partial charge in [-0.25, -0.2) is 0 Å². The highest BCUT2D eigenvalue weighted by molar-refractivity contribution is 5.81. The van der Waals surface area contributed by atoms with Crippen molar-refractivity contribution in [2.45, 2.75) is 18.8 Å². The third-order valence-electron chi connectivity index (χ3n) is 4.05. The zero-order valence-corrected chi connectivity index (χ0v) is 15.1. The Labute approximate surface area is 157 Å². The number of aliphatic hydroxyl groups is 1. The molecule has 1 heterocycles. The van der Waals surface area contributed by atoms with Crippen molar-refractivity contribution in [2.75, 3.05) is 26.9 Å². The summed E-state index contributed by atoms with van der Waals surface area (Å²) in [7, 11) is 1.61. The van der Waals surface area contributed by atoms with Crippen molar-refractivity contribution >= 4 is 5.91 Å². The van der Waals surface area contributed by atoms with Crippen molar-refractivity contribution in [2.24, 2.45) is 0 Å². The van der Waals surface area contributed by atoms with Gasteiger partial charge in [0, 0.05) is 6.54 Å². The average Bonchev–Trinajstić information content (AvgIpc) is 2.72. The number of para-hydroxylation sites is 2. The largest absolute Gasteiger partial charge is 0.497 e. The molecular weight excluding hydrogens is 350 g/mol. The Balaban J connectivity index is 1.36. The summed E-state index contributed by atoms with van der Waals surface area (Å²) in [5.74, 6) is 1.59. The van der Waals surface area contributed by atoms with Crippen LogP contribution in [0.3, 0.4) is 0 Å². The first kappa shape index (κ1) is 19.0. The maximum atomic E-state index is 12.2. The van der Waals surface area contributed by atoms with Crippen LogP contribution in [0.2, 0.25) is 0 Å². The fourth-order valence-electron chi connectivity index (χ4n) is 2.57. The van der Waals surface area contributed by atoms with Gasteiger partial charge in [-0.2, -0.15) is 0 Å². The molecule has 0 spiro atoms. The minimum atomic E-state index is -0.816. The zero-order valence-electron chi connectivity index (χ0n) is 15.1. The highest BCUT2D eigenvalue weighted by atomic mass is 16.6. The third-order valence-corrected chi connectivity index (χ3v) is 4.05. The van der Waals surface area contributed by atoms with Gasteiger partial charge in [0.15, 0.2) is 11.5 Å². The Morgan fingerprint density at radius 2 is 1.96 bits per heavy atom. The van der Waals surface area contributed by atoms with E-state index in [4.69, 9.17) is 18.9 Å². The van der Waals surface area contributed by atoms with Gasteiger partial charge >= 0.3 is 0 Å². The highest BCUT2D eigenvalue weighted by Gasteiger charge is 2.27. The van der Waals surface area contributed by atoms with E-state index in [0.29, 0.717) is 18.1 Å². The SMILES string of the molecule is COc1ccc(COC[C@H](O)CNC(=O)[C@H]2COc3ccccc3O2)cc1. The third kappa shape index (κ3) is 5.35. The van der Waals surface area contributed by atoms with Crippen molar-refractivity contribution in [1.82, 2.24) is 5.32 Å². The summed E-state index contributed by atoms with van der Waals surface area (Å²) in [5.41, 5.74) is 0.971. The number of ether oxygens (including phenoxy) is 4. The zero-order chi connectivity index (χ0) is 19.1. The number of hydrogen-bond donors (Lipinski definition) is 2. The maximum absolute atomic E-state index is 12.2. The first-order valence-corrected chi connectivity index (χ1v) is 8.70. The van der Waals surface area contributed by atoms with Crippen LogP contribution in [-0.4, -0.2) is 50.1 Å². The molecule has 1 amide bonds. The number of methoxy groups -OCH3 is 1. The van der Waals surface area contributed by atoms with Crippen LogP contribution in [0.15, 0.2) is 48.5 Å². The maximum Gasteiger partial charge on any atom is 0.264 e. The number of aliphatic hydroxyl groups excluding tert-OH is 1. The van der Waals surface area contributed by atoms with Crippen LogP contribution < -0.4 is 19.5 Å². The summed E-state index contributed by atoms with van der Waals surface area (Å²) in [6.07, 6.45) is -1.56. The molecule has 7 heteroatoms. The van der Waals surface area contributed by atoms with E-state index in [2.05, 4.69) is 5.32 Å². The van der Waals surface area contributed by atoms with E-state index in [1.54, 1.807) is 19.2 Å².